The van der Waals surface area contributed by atoms with Crippen LogP contribution in [0.5, 0.6) is 0 Å². The van der Waals surface area contributed by atoms with Crippen molar-refractivity contribution in [3.63, 3.8) is 0 Å². The van der Waals surface area contributed by atoms with Crippen molar-refractivity contribution in [3.8, 4) is 0 Å². The Bertz CT molecular complexity index is 256. The average molecular weight is 180 g/mol. The minimum Gasteiger partial charge on any atom is -0.298 e. The van der Waals surface area contributed by atoms with Gasteiger partial charge in [-0.1, -0.05) is 30.3 Å². The van der Waals surface area contributed by atoms with Gasteiger partial charge in [0.05, 0.1) is 5.25 Å². The first-order valence-electron chi connectivity index (χ1n) is 3.84. The highest BCUT2D eigenvalue weighted by atomic mass is 32.2. The normalized spacial score (nSPS) is 12.5. The first-order valence-corrected chi connectivity index (χ1v) is 5.12. The minimum atomic E-state index is 0.00574. The van der Waals surface area contributed by atoms with Crippen LogP contribution < -0.4 is 0 Å². The highest BCUT2D eigenvalue weighted by molar-refractivity contribution is 7.99. The van der Waals surface area contributed by atoms with E-state index in [1.807, 2.05) is 36.6 Å². The number of hydrogen-bond donors (Lipinski definition) is 0. The van der Waals surface area contributed by atoms with Crippen molar-refractivity contribution < 1.29 is 4.79 Å². The summed E-state index contributed by atoms with van der Waals surface area (Å²) in [6.07, 6.45) is 1.96. The quantitative estimate of drug-likeness (QED) is 0.711. The number of rotatable bonds is 3. The highest BCUT2D eigenvalue weighted by Crippen LogP contribution is 2.26. The molecule has 0 aliphatic rings. The van der Waals surface area contributed by atoms with Crippen LogP contribution in [0, 0.1) is 0 Å². The number of thioether (sulfide) groups is 1. The predicted octanol–water partition coefficient (Wildman–Crippen LogP) is 2.68. The van der Waals surface area contributed by atoms with E-state index in [9.17, 15) is 4.79 Å². The van der Waals surface area contributed by atoms with Gasteiger partial charge in [-0.25, -0.2) is 0 Å². The molecule has 0 spiro atoms. The summed E-state index contributed by atoms with van der Waals surface area (Å²) < 4.78 is 0. The lowest BCUT2D eigenvalue weighted by Crippen LogP contribution is -2.03. The van der Waals surface area contributed by atoms with Crippen LogP contribution in [0.1, 0.15) is 17.7 Å². The van der Waals surface area contributed by atoms with E-state index < -0.39 is 0 Å². The molecule has 64 valence electrons. The molecular weight excluding hydrogens is 168 g/mol. The zero-order valence-corrected chi connectivity index (χ0v) is 8.10. The van der Waals surface area contributed by atoms with Gasteiger partial charge in [-0.05, 0) is 18.7 Å². The van der Waals surface area contributed by atoms with Gasteiger partial charge in [0.15, 0.2) is 0 Å². The van der Waals surface area contributed by atoms with E-state index in [4.69, 9.17) is 0 Å². The molecule has 0 aromatic heterocycles. The summed E-state index contributed by atoms with van der Waals surface area (Å²) in [4.78, 5) is 11.2. The van der Waals surface area contributed by atoms with Crippen LogP contribution in [0.2, 0.25) is 0 Å². The SMILES string of the molecule is CSC(C(C)=O)c1ccccc1. The van der Waals surface area contributed by atoms with E-state index in [-0.39, 0.29) is 11.0 Å². The molecule has 1 unspecified atom stereocenters. The van der Waals surface area contributed by atoms with Crippen LogP contribution >= 0.6 is 11.8 Å². The predicted molar refractivity (Wildman–Crippen MR) is 53.4 cm³/mol. The molecule has 1 nitrogen and oxygen atoms in total. The lowest BCUT2D eigenvalue weighted by atomic mass is 10.1. The van der Waals surface area contributed by atoms with Gasteiger partial charge in [0.1, 0.15) is 5.78 Å². The molecule has 0 N–H and O–H groups in total. The lowest BCUT2D eigenvalue weighted by molar-refractivity contribution is -0.116. The zero-order chi connectivity index (χ0) is 8.97. The smallest absolute Gasteiger partial charge is 0.147 e. The van der Waals surface area contributed by atoms with E-state index in [0.717, 1.165) is 5.56 Å². The van der Waals surface area contributed by atoms with Crippen LogP contribution in [0.15, 0.2) is 30.3 Å². The lowest BCUT2D eigenvalue weighted by Gasteiger charge is -2.09. The third-order valence-corrected chi connectivity index (χ3v) is 2.78. The Hall–Kier alpha value is -0.760. The Labute approximate surface area is 77.2 Å². The van der Waals surface area contributed by atoms with E-state index in [2.05, 4.69) is 0 Å². The zero-order valence-electron chi connectivity index (χ0n) is 7.28. The maximum atomic E-state index is 11.2. The van der Waals surface area contributed by atoms with Crippen molar-refractivity contribution >= 4 is 17.5 Å². The van der Waals surface area contributed by atoms with Crippen LogP contribution in [-0.2, 0) is 4.79 Å². The fourth-order valence-electron chi connectivity index (χ4n) is 1.16. The van der Waals surface area contributed by atoms with Crippen molar-refractivity contribution in [1.82, 2.24) is 0 Å². The molecule has 1 atom stereocenters. The molecule has 0 fully saturated rings. The van der Waals surface area contributed by atoms with Crippen LogP contribution in [0.4, 0.5) is 0 Å². The average Bonchev–Trinajstić information content (AvgIpc) is 2.07. The molecule has 0 heterocycles. The molecule has 0 amide bonds. The maximum absolute atomic E-state index is 11.2. The molecule has 12 heavy (non-hydrogen) atoms. The number of carbonyl (C=O) groups excluding carboxylic acids is 1. The molecule has 0 saturated heterocycles. The van der Waals surface area contributed by atoms with E-state index >= 15 is 0 Å². The number of Topliss-reactive ketones (excluding diaryl/α,β-unsaturated/α-hetero) is 1. The molecule has 0 aliphatic carbocycles. The molecule has 0 aliphatic heterocycles. The first kappa shape index (κ1) is 9.33. The molecule has 0 radical (unpaired) electrons. The fraction of sp³-hybridized carbons (Fsp3) is 0.300. The van der Waals surface area contributed by atoms with Crippen molar-refractivity contribution in [2.24, 2.45) is 0 Å². The Morgan fingerprint density at radius 3 is 2.33 bits per heavy atom. The summed E-state index contributed by atoms with van der Waals surface area (Å²) in [6.45, 7) is 1.63. The molecular formula is C10H12OS. The second kappa shape index (κ2) is 4.31. The molecule has 0 saturated carbocycles. The molecule has 2 heteroatoms. The Balaban J connectivity index is 2.88. The van der Waals surface area contributed by atoms with Crippen LogP contribution in [0.3, 0.4) is 0 Å². The Kier molecular flexibility index (Phi) is 3.35. The van der Waals surface area contributed by atoms with Crippen molar-refractivity contribution in [1.29, 1.82) is 0 Å². The Morgan fingerprint density at radius 1 is 1.33 bits per heavy atom. The number of hydrogen-bond acceptors (Lipinski definition) is 2. The summed E-state index contributed by atoms with van der Waals surface area (Å²) in [7, 11) is 0. The monoisotopic (exact) mass is 180 g/mol. The highest BCUT2D eigenvalue weighted by Gasteiger charge is 2.13. The van der Waals surface area contributed by atoms with Gasteiger partial charge in [0, 0.05) is 0 Å². The summed E-state index contributed by atoms with van der Waals surface area (Å²) in [5.74, 6) is 0.216. The van der Waals surface area contributed by atoms with Crippen molar-refractivity contribution in [2.75, 3.05) is 6.26 Å². The first-order chi connectivity index (χ1) is 5.75. The number of ketones is 1. The van der Waals surface area contributed by atoms with Gasteiger partial charge < -0.3 is 0 Å². The number of carbonyl (C=O) groups is 1. The van der Waals surface area contributed by atoms with Gasteiger partial charge in [-0.3, -0.25) is 4.79 Å². The third kappa shape index (κ3) is 2.11. The second-order valence-corrected chi connectivity index (χ2v) is 3.58. The maximum Gasteiger partial charge on any atom is 0.147 e. The number of benzene rings is 1. The minimum absolute atomic E-state index is 0.00574. The van der Waals surface area contributed by atoms with Gasteiger partial charge in [-0.15, -0.1) is 11.8 Å². The largest absolute Gasteiger partial charge is 0.298 e. The van der Waals surface area contributed by atoms with Crippen LogP contribution in [0.25, 0.3) is 0 Å². The van der Waals surface area contributed by atoms with Gasteiger partial charge in [0.2, 0.25) is 0 Å². The molecule has 1 aromatic rings. The van der Waals surface area contributed by atoms with Crippen molar-refractivity contribution in [2.45, 2.75) is 12.2 Å². The fourth-order valence-corrected chi connectivity index (χ4v) is 1.93. The Morgan fingerprint density at radius 2 is 1.92 bits per heavy atom. The topological polar surface area (TPSA) is 17.1 Å². The van der Waals surface area contributed by atoms with Crippen molar-refractivity contribution in [3.05, 3.63) is 35.9 Å². The third-order valence-electron chi connectivity index (χ3n) is 1.71. The van der Waals surface area contributed by atoms with Gasteiger partial charge in [-0.2, -0.15) is 0 Å². The summed E-state index contributed by atoms with van der Waals surface area (Å²) in [6, 6.07) is 9.86. The summed E-state index contributed by atoms with van der Waals surface area (Å²) >= 11 is 1.58. The summed E-state index contributed by atoms with van der Waals surface area (Å²) in [5.41, 5.74) is 1.09. The molecule has 1 rings (SSSR count). The van der Waals surface area contributed by atoms with Gasteiger partial charge >= 0.3 is 0 Å². The van der Waals surface area contributed by atoms with E-state index in [0.29, 0.717) is 0 Å². The molecule has 1 aromatic carbocycles. The van der Waals surface area contributed by atoms with Gasteiger partial charge in [0.25, 0.3) is 0 Å². The van der Waals surface area contributed by atoms with E-state index in [1.54, 1.807) is 18.7 Å². The standard InChI is InChI=1S/C10H12OS/c1-8(11)10(12-2)9-6-4-3-5-7-9/h3-7,10H,1-2H3. The summed E-state index contributed by atoms with van der Waals surface area (Å²) in [5, 5.41) is 0.00574. The van der Waals surface area contributed by atoms with E-state index in [1.165, 1.54) is 0 Å². The molecule has 0 bridgehead atoms. The second-order valence-electron chi connectivity index (χ2n) is 2.64. The van der Waals surface area contributed by atoms with Crippen LogP contribution in [-0.4, -0.2) is 12.0 Å².